The number of amides is 1. The molecule has 0 spiro atoms. The summed E-state index contributed by atoms with van der Waals surface area (Å²) in [4.78, 5) is 40.0. The van der Waals surface area contributed by atoms with Gasteiger partial charge >= 0.3 is 11.9 Å². The fourth-order valence-electron chi connectivity index (χ4n) is 5.89. The largest absolute Gasteiger partial charge is 0.480 e. The van der Waals surface area contributed by atoms with Crippen LogP contribution in [0.3, 0.4) is 0 Å². The normalized spacial score (nSPS) is 31.0. The van der Waals surface area contributed by atoms with Gasteiger partial charge in [-0.25, -0.2) is 4.79 Å². The Morgan fingerprint density at radius 2 is 1.69 bits per heavy atom. The summed E-state index contributed by atoms with van der Waals surface area (Å²) in [6.45, 7) is 12.2. The number of esters is 1. The van der Waals surface area contributed by atoms with Crippen molar-refractivity contribution in [3.63, 3.8) is 0 Å². The Morgan fingerprint density at radius 1 is 1.10 bits per heavy atom. The van der Waals surface area contributed by atoms with Gasteiger partial charge in [-0.15, -0.1) is 0 Å². The van der Waals surface area contributed by atoms with Crippen LogP contribution in [0, 0.1) is 28.6 Å². The average Bonchev–Trinajstić information content (AvgIpc) is 2.94. The fourth-order valence-corrected chi connectivity index (χ4v) is 5.89. The second-order valence-electron chi connectivity index (χ2n) is 11.3. The van der Waals surface area contributed by atoms with Crippen LogP contribution >= 0.6 is 0 Å². The van der Waals surface area contributed by atoms with E-state index in [1.165, 1.54) is 0 Å². The molecule has 3 aliphatic rings. The molecule has 2 saturated carbocycles. The fraction of sp³-hybridized carbons (Fsp3) is 0.870. The number of ether oxygens (including phenoxy) is 1. The van der Waals surface area contributed by atoms with Crippen LogP contribution in [0.1, 0.15) is 80.1 Å². The van der Waals surface area contributed by atoms with E-state index in [9.17, 15) is 19.5 Å². The van der Waals surface area contributed by atoms with Crippen LogP contribution in [-0.2, 0) is 19.1 Å². The van der Waals surface area contributed by atoms with Gasteiger partial charge in [-0.05, 0) is 50.4 Å². The number of carbonyl (C=O) groups is 3. The van der Waals surface area contributed by atoms with Gasteiger partial charge in [-0.1, -0.05) is 40.0 Å². The third-order valence-electron chi connectivity index (χ3n) is 7.67. The number of hydrogen-bond acceptors (Lipinski definition) is 4. The molecule has 0 aromatic heterocycles. The molecule has 0 unspecified atom stereocenters. The first-order chi connectivity index (χ1) is 13.3. The van der Waals surface area contributed by atoms with Crippen LogP contribution in [0.25, 0.3) is 0 Å². The standard InChI is InChI=1S/C23H37NO5/c1-21(2,3)29-16(25)12-14(23(6)10-8-7-9-11-23)19(26)24-13-15-17(22(15,4)5)18(24)20(27)28/h14-15,17-18H,7-13H2,1-6H3,(H,27,28)/t14-,15+,17+,18+/m1/s1. The highest BCUT2D eigenvalue weighted by atomic mass is 16.6. The van der Waals surface area contributed by atoms with Gasteiger partial charge in [0, 0.05) is 12.5 Å². The zero-order valence-electron chi connectivity index (χ0n) is 18.8. The SMILES string of the molecule is CC(C)(C)OC(=O)C[C@H](C(=O)N1C[C@H]2[C@@H]([C@H]1C(=O)O)C2(C)C)C1(C)CCCCC1. The number of nitrogens with zero attached hydrogens (tertiary/aromatic N) is 1. The van der Waals surface area contributed by atoms with Crippen LogP contribution < -0.4 is 0 Å². The molecule has 1 saturated heterocycles. The Kier molecular flexibility index (Phi) is 5.55. The predicted molar refractivity (Wildman–Crippen MR) is 109 cm³/mol. The molecule has 3 rings (SSSR count). The Hall–Kier alpha value is -1.59. The van der Waals surface area contributed by atoms with Crippen molar-refractivity contribution in [1.82, 2.24) is 4.90 Å². The van der Waals surface area contributed by atoms with Crippen LogP contribution in [0.15, 0.2) is 0 Å². The molecule has 164 valence electrons. The van der Waals surface area contributed by atoms with Gasteiger partial charge in [0.25, 0.3) is 0 Å². The summed E-state index contributed by atoms with van der Waals surface area (Å²) in [5.74, 6) is -1.77. The van der Waals surface area contributed by atoms with E-state index in [0.717, 1.165) is 32.1 Å². The van der Waals surface area contributed by atoms with E-state index in [0.29, 0.717) is 6.54 Å². The molecule has 0 aromatic carbocycles. The molecule has 1 heterocycles. The van der Waals surface area contributed by atoms with Gasteiger partial charge in [-0.3, -0.25) is 9.59 Å². The molecule has 1 N–H and O–H groups in total. The van der Waals surface area contributed by atoms with E-state index in [-0.39, 0.29) is 41.0 Å². The number of rotatable bonds is 5. The Balaban J connectivity index is 1.84. The van der Waals surface area contributed by atoms with Crippen molar-refractivity contribution in [2.24, 2.45) is 28.6 Å². The van der Waals surface area contributed by atoms with Gasteiger partial charge in [0.1, 0.15) is 11.6 Å². The van der Waals surface area contributed by atoms with Crippen molar-refractivity contribution < 1.29 is 24.2 Å². The molecule has 0 aromatic rings. The Bertz CT molecular complexity index is 686. The Labute approximate surface area is 174 Å². The molecular weight excluding hydrogens is 370 g/mol. The monoisotopic (exact) mass is 407 g/mol. The molecule has 0 radical (unpaired) electrons. The van der Waals surface area contributed by atoms with Crippen LogP contribution in [0.5, 0.6) is 0 Å². The minimum Gasteiger partial charge on any atom is -0.480 e. The lowest BCUT2D eigenvalue weighted by molar-refractivity contribution is -0.163. The summed E-state index contributed by atoms with van der Waals surface area (Å²) in [5.41, 5.74) is -0.937. The lowest BCUT2D eigenvalue weighted by atomic mass is 9.65. The van der Waals surface area contributed by atoms with Crippen molar-refractivity contribution in [3.05, 3.63) is 0 Å². The van der Waals surface area contributed by atoms with Crippen LogP contribution in [0.4, 0.5) is 0 Å². The predicted octanol–water partition coefficient (Wildman–Crippen LogP) is 3.87. The van der Waals surface area contributed by atoms with Crippen molar-refractivity contribution in [3.8, 4) is 0 Å². The van der Waals surface area contributed by atoms with Crippen molar-refractivity contribution >= 4 is 17.8 Å². The third kappa shape index (κ3) is 4.17. The maximum atomic E-state index is 13.7. The minimum absolute atomic E-state index is 0.00490. The molecule has 3 fully saturated rings. The number of carboxylic acids is 1. The zero-order valence-corrected chi connectivity index (χ0v) is 18.8. The lowest BCUT2D eigenvalue weighted by Crippen LogP contribution is -2.51. The summed E-state index contributed by atoms with van der Waals surface area (Å²) in [5, 5.41) is 9.87. The van der Waals surface area contributed by atoms with E-state index in [1.54, 1.807) is 4.90 Å². The van der Waals surface area contributed by atoms with Gasteiger partial charge < -0.3 is 14.7 Å². The first kappa shape index (κ1) is 22.1. The maximum Gasteiger partial charge on any atom is 0.326 e. The molecule has 29 heavy (non-hydrogen) atoms. The third-order valence-corrected chi connectivity index (χ3v) is 7.67. The number of hydrogen-bond donors (Lipinski definition) is 1. The van der Waals surface area contributed by atoms with Crippen molar-refractivity contribution in [2.75, 3.05) is 6.54 Å². The van der Waals surface area contributed by atoms with Crippen molar-refractivity contribution in [1.29, 1.82) is 0 Å². The van der Waals surface area contributed by atoms with Crippen LogP contribution in [0.2, 0.25) is 0 Å². The molecule has 2 aliphatic carbocycles. The molecule has 6 nitrogen and oxygen atoms in total. The number of aliphatic carboxylic acids is 1. The van der Waals surface area contributed by atoms with E-state index in [4.69, 9.17) is 4.74 Å². The number of fused-ring (bicyclic) bond motifs is 1. The van der Waals surface area contributed by atoms with Gasteiger partial charge in [0.2, 0.25) is 5.91 Å². The number of piperidine rings is 1. The summed E-state index contributed by atoms with van der Waals surface area (Å²) < 4.78 is 5.53. The highest BCUT2D eigenvalue weighted by molar-refractivity contribution is 5.89. The van der Waals surface area contributed by atoms with Gasteiger partial charge in [0.15, 0.2) is 0 Å². The van der Waals surface area contributed by atoms with E-state index < -0.39 is 23.5 Å². The molecule has 4 atom stereocenters. The maximum absolute atomic E-state index is 13.7. The number of carbonyl (C=O) groups excluding carboxylic acids is 2. The first-order valence-electron chi connectivity index (χ1n) is 11.0. The minimum atomic E-state index is -0.929. The van der Waals surface area contributed by atoms with E-state index in [2.05, 4.69) is 20.8 Å². The molecule has 1 amide bonds. The Morgan fingerprint density at radius 3 is 2.21 bits per heavy atom. The summed E-state index contributed by atoms with van der Waals surface area (Å²) >= 11 is 0. The quantitative estimate of drug-likeness (QED) is 0.700. The van der Waals surface area contributed by atoms with Gasteiger partial charge in [0.05, 0.1) is 12.3 Å². The van der Waals surface area contributed by atoms with Crippen molar-refractivity contribution in [2.45, 2.75) is 91.7 Å². The molecule has 6 heteroatoms. The number of likely N-dealkylation sites (tertiary alicyclic amines) is 1. The highest BCUT2D eigenvalue weighted by Crippen LogP contribution is 2.65. The smallest absolute Gasteiger partial charge is 0.326 e. The summed E-state index contributed by atoms with van der Waals surface area (Å²) in [6, 6.07) is -0.782. The zero-order chi connectivity index (χ0) is 21.8. The molecular formula is C23H37NO5. The second kappa shape index (κ2) is 7.28. The average molecular weight is 408 g/mol. The molecule has 0 bridgehead atoms. The topological polar surface area (TPSA) is 83.9 Å². The van der Waals surface area contributed by atoms with Crippen LogP contribution in [-0.4, -0.2) is 46.0 Å². The summed E-state index contributed by atoms with van der Waals surface area (Å²) in [7, 11) is 0. The van der Waals surface area contributed by atoms with E-state index >= 15 is 0 Å². The second-order valence-corrected chi connectivity index (χ2v) is 11.3. The lowest BCUT2D eigenvalue weighted by Gasteiger charge is -2.42. The highest BCUT2D eigenvalue weighted by Gasteiger charge is 2.70. The molecule has 1 aliphatic heterocycles. The van der Waals surface area contributed by atoms with Gasteiger partial charge in [-0.2, -0.15) is 0 Å². The summed E-state index contributed by atoms with van der Waals surface area (Å²) in [6.07, 6.45) is 5.01. The first-order valence-corrected chi connectivity index (χ1v) is 11.0. The number of carboxylic acid groups (broad SMARTS) is 1. The van der Waals surface area contributed by atoms with E-state index in [1.807, 2.05) is 20.8 Å².